The van der Waals surface area contributed by atoms with Crippen molar-refractivity contribution in [1.29, 1.82) is 0 Å². The number of halogens is 1. The Morgan fingerprint density at radius 3 is 2.28 bits per heavy atom. The van der Waals surface area contributed by atoms with Gasteiger partial charge < -0.3 is 10.0 Å². The summed E-state index contributed by atoms with van der Waals surface area (Å²) < 4.78 is 0. The molecule has 0 fully saturated rings. The Labute approximate surface area is 115 Å². The standard InChI is InChI=1S/C14H23ClN2O/c1-3-5-9-17(10-6-4-2)14-8-7-12(15)13(11-18)16-14/h7-8,18H,3-6,9-11H2,1-2H3. The molecule has 1 N–H and O–H groups in total. The molecule has 0 aromatic carbocycles. The third-order valence-corrected chi connectivity index (χ3v) is 3.28. The highest BCUT2D eigenvalue weighted by atomic mass is 35.5. The molecule has 0 saturated carbocycles. The van der Waals surface area contributed by atoms with E-state index in [9.17, 15) is 5.11 Å². The molecule has 0 bridgehead atoms. The summed E-state index contributed by atoms with van der Waals surface area (Å²) in [5.74, 6) is 0.922. The van der Waals surface area contributed by atoms with Gasteiger partial charge in [0.25, 0.3) is 0 Å². The van der Waals surface area contributed by atoms with Gasteiger partial charge in [0.05, 0.1) is 17.3 Å². The fourth-order valence-corrected chi connectivity index (χ4v) is 1.96. The van der Waals surface area contributed by atoms with Crippen molar-refractivity contribution in [2.24, 2.45) is 0 Å². The summed E-state index contributed by atoms with van der Waals surface area (Å²) in [5, 5.41) is 9.75. The molecule has 0 radical (unpaired) electrons. The second-order valence-corrected chi connectivity index (χ2v) is 4.86. The lowest BCUT2D eigenvalue weighted by Gasteiger charge is -2.24. The quantitative estimate of drug-likeness (QED) is 0.784. The van der Waals surface area contributed by atoms with E-state index in [1.54, 1.807) is 0 Å². The van der Waals surface area contributed by atoms with Gasteiger partial charge in [-0.3, -0.25) is 0 Å². The minimum atomic E-state index is -0.109. The summed E-state index contributed by atoms with van der Waals surface area (Å²) in [4.78, 5) is 6.72. The van der Waals surface area contributed by atoms with Crippen LogP contribution < -0.4 is 4.90 Å². The summed E-state index contributed by atoms with van der Waals surface area (Å²) in [5.41, 5.74) is 0.562. The van der Waals surface area contributed by atoms with Crippen LogP contribution in [0.2, 0.25) is 5.02 Å². The average Bonchev–Trinajstić information content (AvgIpc) is 2.40. The first-order valence-electron chi connectivity index (χ1n) is 6.74. The molecule has 3 nitrogen and oxygen atoms in total. The van der Waals surface area contributed by atoms with Crippen molar-refractivity contribution in [1.82, 2.24) is 4.98 Å². The summed E-state index contributed by atoms with van der Waals surface area (Å²) in [6.45, 7) is 6.28. The lowest BCUT2D eigenvalue weighted by Crippen LogP contribution is -2.26. The molecule has 1 heterocycles. The predicted molar refractivity (Wildman–Crippen MR) is 77.2 cm³/mol. The molecule has 0 aliphatic carbocycles. The van der Waals surface area contributed by atoms with Gasteiger partial charge >= 0.3 is 0 Å². The molecular formula is C14H23ClN2O. The smallest absolute Gasteiger partial charge is 0.129 e. The molecule has 0 spiro atoms. The van der Waals surface area contributed by atoms with Crippen LogP contribution in [0, 0.1) is 0 Å². The minimum Gasteiger partial charge on any atom is -0.390 e. The van der Waals surface area contributed by atoms with E-state index in [1.807, 2.05) is 12.1 Å². The summed E-state index contributed by atoms with van der Waals surface area (Å²) in [6.07, 6.45) is 4.65. The highest BCUT2D eigenvalue weighted by molar-refractivity contribution is 6.31. The van der Waals surface area contributed by atoms with Crippen molar-refractivity contribution in [3.05, 3.63) is 22.8 Å². The molecule has 0 atom stereocenters. The van der Waals surface area contributed by atoms with Gasteiger partial charge in [0.1, 0.15) is 5.82 Å². The van der Waals surface area contributed by atoms with Crippen LogP contribution in [-0.2, 0) is 6.61 Å². The summed E-state index contributed by atoms with van der Waals surface area (Å²) in [6, 6.07) is 3.76. The molecule has 0 aliphatic heterocycles. The van der Waals surface area contributed by atoms with Crippen LogP contribution >= 0.6 is 11.6 Å². The predicted octanol–water partition coefficient (Wildman–Crippen LogP) is 3.63. The number of aromatic nitrogens is 1. The zero-order valence-corrected chi connectivity index (χ0v) is 12.1. The van der Waals surface area contributed by atoms with Gasteiger partial charge in [0.2, 0.25) is 0 Å². The number of hydrogen-bond acceptors (Lipinski definition) is 3. The second kappa shape index (κ2) is 8.33. The van der Waals surface area contributed by atoms with Gasteiger partial charge in [0.15, 0.2) is 0 Å². The highest BCUT2D eigenvalue weighted by Gasteiger charge is 2.09. The van der Waals surface area contributed by atoms with Crippen molar-refractivity contribution in [2.75, 3.05) is 18.0 Å². The zero-order chi connectivity index (χ0) is 13.4. The fourth-order valence-electron chi connectivity index (χ4n) is 1.80. The number of nitrogens with zero attached hydrogens (tertiary/aromatic N) is 2. The topological polar surface area (TPSA) is 36.4 Å². The maximum atomic E-state index is 9.21. The van der Waals surface area contributed by atoms with Crippen molar-refractivity contribution in [2.45, 2.75) is 46.1 Å². The summed E-state index contributed by atoms with van der Waals surface area (Å²) >= 11 is 5.97. The molecule has 18 heavy (non-hydrogen) atoms. The van der Waals surface area contributed by atoms with Crippen molar-refractivity contribution < 1.29 is 5.11 Å². The molecule has 1 aromatic heterocycles. The average molecular weight is 271 g/mol. The molecule has 4 heteroatoms. The molecule has 0 amide bonds. The number of unbranched alkanes of at least 4 members (excludes halogenated alkanes) is 2. The van der Waals surface area contributed by atoms with E-state index in [-0.39, 0.29) is 6.61 Å². The molecule has 1 rings (SSSR count). The molecular weight excluding hydrogens is 248 g/mol. The Balaban J connectivity index is 2.82. The monoisotopic (exact) mass is 270 g/mol. The second-order valence-electron chi connectivity index (χ2n) is 4.45. The number of hydrogen-bond donors (Lipinski definition) is 1. The number of aliphatic hydroxyl groups is 1. The largest absolute Gasteiger partial charge is 0.390 e. The van der Waals surface area contributed by atoms with E-state index in [2.05, 4.69) is 23.7 Å². The van der Waals surface area contributed by atoms with Crippen LogP contribution in [0.4, 0.5) is 5.82 Å². The Bertz CT molecular complexity index is 350. The first kappa shape index (κ1) is 15.3. The van der Waals surface area contributed by atoms with Crippen molar-refractivity contribution in [3.63, 3.8) is 0 Å². The fraction of sp³-hybridized carbons (Fsp3) is 0.643. The van der Waals surface area contributed by atoms with E-state index in [1.165, 1.54) is 12.8 Å². The van der Waals surface area contributed by atoms with Crippen LogP contribution in [0.1, 0.15) is 45.2 Å². The van der Waals surface area contributed by atoms with Gasteiger partial charge in [-0.2, -0.15) is 0 Å². The molecule has 102 valence electrons. The Morgan fingerprint density at radius 2 is 1.78 bits per heavy atom. The SMILES string of the molecule is CCCCN(CCCC)c1ccc(Cl)c(CO)n1. The van der Waals surface area contributed by atoms with Crippen LogP contribution in [0.3, 0.4) is 0 Å². The van der Waals surface area contributed by atoms with Gasteiger partial charge in [-0.25, -0.2) is 4.98 Å². The first-order valence-corrected chi connectivity index (χ1v) is 7.11. The van der Waals surface area contributed by atoms with Crippen LogP contribution in [0.25, 0.3) is 0 Å². The number of anilines is 1. The molecule has 0 saturated heterocycles. The molecule has 0 unspecified atom stereocenters. The Morgan fingerprint density at radius 1 is 1.17 bits per heavy atom. The number of pyridine rings is 1. The molecule has 0 aliphatic rings. The van der Waals surface area contributed by atoms with Gasteiger partial charge in [-0.05, 0) is 25.0 Å². The first-order chi connectivity index (χ1) is 8.72. The van der Waals surface area contributed by atoms with Crippen LogP contribution in [-0.4, -0.2) is 23.2 Å². The van der Waals surface area contributed by atoms with E-state index in [0.717, 1.165) is 31.7 Å². The van der Waals surface area contributed by atoms with E-state index in [0.29, 0.717) is 10.7 Å². The maximum Gasteiger partial charge on any atom is 0.129 e. The van der Waals surface area contributed by atoms with Gasteiger partial charge in [-0.15, -0.1) is 0 Å². The Hall–Kier alpha value is -0.800. The number of rotatable bonds is 8. The lowest BCUT2D eigenvalue weighted by molar-refractivity contribution is 0.277. The van der Waals surface area contributed by atoms with Gasteiger partial charge in [0, 0.05) is 13.1 Å². The van der Waals surface area contributed by atoms with Crippen LogP contribution in [0.15, 0.2) is 12.1 Å². The van der Waals surface area contributed by atoms with Gasteiger partial charge in [-0.1, -0.05) is 38.3 Å². The maximum absolute atomic E-state index is 9.21. The molecule has 1 aromatic rings. The number of aliphatic hydroxyl groups excluding tert-OH is 1. The van der Waals surface area contributed by atoms with E-state index < -0.39 is 0 Å². The minimum absolute atomic E-state index is 0.109. The highest BCUT2D eigenvalue weighted by Crippen LogP contribution is 2.20. The van der Waals surface area contributed by atoms with Crippen LogP contribution in [0.5, 0.6) is 0 Å². The Kier molecular flexibility index (Phi) is 7.06. The summed E-state index contributed by atoms with van der Waals surface area (Å²) in [7, 11) is 0. The lowest BCUT2D eigenvalue weighted by atomic mass is 10.2. The van der Waals surface area contributed by atoms with E-state index >= 15 is 0 Å². The third-order valence-electron chi connectivity index (χ3n) is 2.94. The third kappa shape index (κ3) is 4.46. The van der Waals surface area contributed by atoms with E-state index in [4.69, 9.17) is 11.6 Å². The van der Waals surface area contributed by atoms with Crippen molar-refractivity contribution in [3.8, 4) is 0 Å². The zero-order valence-electron chi connectivity index (χ0n) is 11.3. The normalized spacial score (nSPS) is 10.7. The van der Waals surface area contributed by atoms with Crippen molar-refractivity contribution >= 4 is 17.4 Å².